The van der Waals surface area contributed by atoms with E-state index >= 15 is 0 Å². The third-order valence-corrected chi connectivity index (χ3v) is 2.91. The van der Waals surface area contributed by atoms with E-state index in [1.54, 1.807) is 13.0 Å². The monoisotopic (exact) mass is 288 g/mol. The van der Waals surface area contributed by atoms with Crippen LogP contribution in [0.5, 0.6) is 0 Å². The van der Waals surface area contributed by atoms with Crippen molar-refractivity contribution >= 4 is 23.3 Å². The van der Waals surface area contributed by atoms with Crippen molar-refractivity contribution in [3.63, 3.8) is 0 Å². The number of rotatable bonds is 3. The molecule has 2 rings (SSSR count). The van der Waals surface area contributed by atoms with Gasteiger partial charge < -0.3 is 16.2 Å². The van der Waals surface area contributed by atoms with Crippen LogP contribution in [0.4, 0.5) is 15.8 Å². The number of aryl methyl sites for hydroxylation is 1. The Morgan fingerprint density at radius 3 is 2.52 bits per heavy atom. The van der Waals surface area contributed by atoms with Crippen LogP contribution in [0.2, 0.25) is 0 Å². The Morgan fingerprint density at radius 2 is 1.86 bits per heavy atom. The van der Waals surface area contributed by atoms with Gasteiger partial charge in [0, 0.05) is 5.69 Å². The molecule has 0 heterocycles. The van der Waals surface area contributed by atoms with Gasteiger partial charge in [-0.3, -0.25) is 4.79 Å². The van der Waals surface area contributed by atoms with Gasteiger partial charge in [-0.15, -0.1) is 0 Å². The van der Waals surface area contributed by atoms with Crippen LogP contribution >= 0.6 is 0 Å². The molecule has 0 aliphatic carbocycles. The van der Waals surface area contributed by atoms with Crippen molar-refractivity contribution in [3.05, 3.63) is 58.9 Å². The molecule has 0 spiro atoms. The summed E-state index contributed by atoms with van der Waals surface area (Å²) in [6.45, 7) is 1.74. The number of nitrogen functional groups attached to an aromatic ring is 1. The minimum Gasteiger partial charge on any atom is -0.478 e. The average Bonchev–Trinajstić information content (AvgIpc) is 2.43. The summed E-state index contributed by atoms with van der Waals surface area (Å²) in [5.74, 6) is -2.43. The average molecular weight is 288 g/mol. The molecule has 5 nitrogen and oxygen atoms in total. The number of nitrogens with two attached hydrogens (primary N) is 1. The summed E-state index contributed by atoms with van der Waals surface area (Å²) in [6.07, 6.45) is 0. The lowest BCUT2D eigenvalue weighted by Crippen LogP contribution is -2.16. The molecule has 0 aliphatic rings. The molecule has 0 fully saturated rings. The molecular formula is C15H13FN2O3. The number of carbonyl (C=O) groups excluding carboxylic acids is 1. The number of halogens is 1. The van der Waals surface area contributed by atoms with Gasteiger partial charge in [-0.05, 0) is 37.3 Å². The molecule has 0 saturated carbocycles. The predicted octanol–water partition coefficient (Wildman–Crippen LogP) is 2.67. The first-order valence-corrected chi connectivity index (χ1v) is 6.09. The van der Waals surface area contributed by atoms with E-state index in [1.807, 2.05) is 0 Å². The van der Waals surface area contributed by atoms with Crippen LogP contribution in [0.25, 0.3) is 0 Å². The van der Waals surface area contributed by atoms with E-state index < -0.39 is 17.7 Å². The van der Waals surface area contributed by atoms with Gasteiger partial charge in [0.15, 0.2) is 0 Å². The largest absolute Gasteiger partial charge is 0.478 e. The fourth-order valence-electron chi connectivity index (χ4n) is 1.86. The fraction of sp³-hybridized carbons (Fsp3) is 0.0667. The van der Waals surface area contributed by atoms with Crippen LogP contribution in [0.15, 0.2) is 36.4 Å². The zero-order chi connectivity index (χ0) is 15.6. The van der Waals surface area contributed by atoms with Crippen LogP contribution in [0, 0.1) is 12.7 Å². The number of amides is 1. The van der Waals surface area contributed by atoms with Gasteiger partial charge in [0.25, 0.3) is 5.91 Å². The summed E-state index contributed by atoms with van der Waals surface area (Å²) in [5, 5.41) is 11.6. The van der Waals surface area contributed by atoms with E-state index in [4.69, 9.17) is 10.8 Å². The summed E-state index contributed by atoms with van der Waals surface area (Å²) in [7, 11) is 0. The van der Waals surface area contributed by atoms with Gasteiger partial charge in [0.2, 0.25) is 0 Å². The Labute approximate surface area is 120 Å². The summed E-state index contributed by atoms with van der Waals surface area (Å²) in [4.78, 5) is 23.3. The van der Waals surface area contributed by atoms with E-state index in [-0.39, 0.29) is 22.5 Å². The molecule has 108 valence electrons. The number of anilines is 2. The maximum absolute atomic E-state index is 13.2. The second-order valence-corrected chi connectivity index (χ2v) is 4.54. The second-order valence-electron chi connectivity index (χ2n) is 4.54. The maximum Gasteiger partial charge on any atom is 0.337 e. The molecule has 2 aromatic carbocycles. The number of hydrogen-bond acceptors (Lipinski definition) is 3. The van der Waals surface area contributed by atoms with Gasteiger partial charge in [-0.1, -0.05) is 11.6 Å². The Kier molecular flexibility index (Phi) is 3.89. The number of carbonyl (C=O) groups is 2. The Bertz CT molecular complexity index is 729. The van der Waals surface area contributed by atoms with Gasteiger partial charge in [-0.25, -0.2) is 9.18 Å². The number of nitrogens with one attached hydrogen (secondary N) is 1. The zero-order valence-corrected chi connectivity index (χ0v) is 11.2. The number of aromatic carboxylic acids is 1. The number of hydrogen-bond donors (Lipinski definition) is 3. The molecule has 0 saturated heterocycles. The molecule has 0 aliphatic heterocycles. The number of benzene rings is 2. The third-order valence-electron chi connectivity index (χ3n) is 2.91. The number of carboxylic acids is 1. The second kappa shape index (κ2) is 5.62. The van der Waals surface area contributed by atoms with Crippen molar-refractivity contribution in [3.8, 4) is 0 Å². The summed E-state index contributed by atoms with van der Waals surface area (Å²) in [5.41, 5.74) is 6.51. The first kappa shape index (κ1) is 14.5. The Hall–Kier alpha value is -2.89. The van der Waals surface area contributed by atoms with Crippen molar-refractivity contribution in [1.82, 2.24) is 0 Å². The molecular weight excluding hydrogens is 275 g/mol. The highest BCUT2D eigenvalue weighted by atomic mass is 19.1. The first-order chi connectivity index (χ1) is 9.88. The van der Waals surface area contributed by atoms with E-state index in [2.05, 4.69) is 5.32 Å². The van der Waals surface area contributed by atoms with Crippen LogP contribution in [-0.4, -0.2) is 17.0 Å². The Balaban J connectivity index is 2.36. The van der Waals surface area contributed by atoms with Gasteiger partial charge in [-0.2, -0.15) is 0 Å². The molecule has 6 heteroatoms. The lowest BCUT2D eigenvalue weighted by Gasteiger charge is -2.10. The van der Waals surface area contributed by atoms with E-state index in [1.165, 1.54) is 18.2 Å². The van der Waals surface area contributed by atoms with Crippen molar-refractivity contribution < 1.29 is 19.1 Å². The smallest absolute Gasteiger partial charge is 0.337 e. The first-order valence-electron chi connectivity index (χ1n) is 6.09. The van der Waals surface area contributed by atoms with Gasteiger partial charge >= 0.3 is 5.97 Å². The van der Waals surface area contributed by atoms with Crippen LogP contribution < -0.4 is 11.1 Å². The molecule has 1 amide bonds. The predicted molar refractivity (Wildman–Crippen MR) is 76.9 cm³/mol. The summed E-state index contributed by atoms with van der Waals surface area (Å²) < 4.78 is 13.2. The van der Waals surface area contributed by atoms with Crippen molar-refractivity contribution in [2.45, 2.75) is 6.92 Å². The van der Waals surface area contributed by atoms with Crippen LogP contribution in [0.1, 0.15) is 26.3 Å². The lowest BCUT2D eigenvalue weighted by molar-refractivity contribution is 0.0698. The molecule has 2 aromatic rings. The van der Waals surface area contributed by atoms with Crippen LogP contribution in [-0.2, 0) is 0 Å². The molecule has 4 N–H and O–H groups in total. The summed E-state index contributed by atoms with van der Waals surface area (Å²) in [6, 6.07) is 7.99. The normalized spacial score (nSPS) is 10.2. The highest BCUT2D eigenvalue weighted by Gasteiger charge is 2.16. The zero-order valence-electron chi connectivity index (χ0n) is 11.2. The topological polar surface area (TPSA) is 92.4 Å². The SMILES string of the molecule is Cc1ccc(NC(=O)c2cc(F)ccc2N)c(C(=O)O)c1. The highest BCUT2D eigenvalue weighted by Crippen LogP contribution is 2.20. The van der Waals surface area contributed by atoms with Crippen molar-refractivity contribution in [1.29, 1.82) is 0 Å². The van der Waals surface area contributed by atoms with Crippen LogP contribution in [0.3, 0.4) is 0 Å². The van der Waals surface area contributed by atoms with Crippen molar-refractivity contribution in [2.75, 3.05) is 11.1 Å². The molecule has 0 bridgehead atoms. The van der Waals surface area contributed by atoms with E-state index in [9.17, 15) is 14.0 Å². The molecule has 0 aromatic heterocycles. The summed E-state index contributed by atoms with van der Waals surface area (Å²) >= 11 is 0. The molecule has 0 unspecified atom stereocenters. The molecule has 0 atom stereocenters. The van der Waals surface area contributed by atoms with E-state index in [0.717, 1.165) is 17.7 Å². The quantitative estimate of drug-likeness (QED) is 0.757. The Morgan fingerprint density at radius 1 is 1.14 bits per heavy atom. The standard InChI is InChI=1S/C15H13FN2O3/c1-8-2-5-13(11(6-8)15(20)21)18-14(19)10-7-9(16)3-4-12(10)17/h2-7H,17H2,1H3,(H,18,19)(H,20,21). The maximum atomic E-state index is 13.2. The molecule has 0 radical (unpaired) electrons. The minimum atomic E-state index is -1.17. The van der Waals surface area contributed by atoms with Gasteiger partial charge in [0.05, 0.1) is 16.8 Å². The lowest BCUT2D eigenvalue weighted by atomic mass is 10.1. The fourth-order valence-corrected chi connectivity index (χ4v) is 1.86. The molecule has 21 heavy (non-hydrogen) atoms. The third kappa shape index (κ3) is 3.17. The highest BCUT2D eigenvalue weighted by molar-refractivity contribution is 6.10. The van der Waals surface area contributed by atoms with Crippen molar-refractivity contribution in [2.24, 2.45) is 0 Å². The minimum absolute atomic E-state index is 0.0432. The van der Waals surface area contributed by atoms with Gasteiger partial charge in [0.1, 0.15) is 5.82 Å². The van der Waals surface area contributed by atoms with E-state index in [0.29, 0.717) is 0 Å². The number of carboxylic acid groups (broad SMARTS) is 1.